The van der Waals surface area contributed by atoms with E-state index in [1.54, 1.807) is 0 Å². The Morgan fingerprint density at radius 3 is 1.40 bits per heavy atom. The van der Waals surface area contributed by atoms with Crippen molar-refractivity contribution in [1.29, 1.82) is 0 Å². The van der Waals surface area contributed by atoms with E-state index in [1.165, 1.54) is 0 Å². The lowest BCUT2D eigenvalue weighted by Gasteiger charge is -1.96. The van der Waals surface area contributed by atoms with Gasteiger partial charge in [0.15, 0.2) is 0 Å². The van der Waals surface area contributed by atoms with Crippen LogP contribution in [0.3, 0.4) is 0 Å². The summed E-state index contributed by atoms with van der Waals surface area (Å²) in [4.78, 5) is 0. The zero-order chi connectivity index (χ0) is 11.5. The Morgan fingerprint density at radius 1 is 0.800 bits per heavy atom. The summed E-state index contributed by atoms with van der Waals surface area (Å²) in [6.07, 6.45) is 8.20. The van der Waals surface area contributed by atoms with Crippen LogP contribution in [0.5, 0.6) is 0 Å². The van der Waals surface area contributed by atoms with Crippen molar-refractivity contribution in [3.05, 3.63) is 73.9 Å². The summed E-state index contributed by atoms with van der Waals surface area (Å²) in [5.41, 5.74) is 2.27. The van der Waals surface area contributed by atoms with Crippen molar-refractivity contribution >= 4 is 12.2 Å². The van der Waals surface area contributed by atoms with Gasteiger partial charge in [0.2, 0.25) is 0 Å². The van der Waals surface area contributed by atoms with Crippen molar-refractivity contribution in [3.63, 3.8) is 0 Å². The van der Waals surface area contributed by atoms with E-state index >= 15 is 0 Å². The lowest BCUT2D eigenvalue weighted by molar-refractivity contribution is 1.42. The smallest absolute Gasteiger partial charge is 0.0175 e. The predicted octanol–water partition coefficient (Wildman–Crippen LogP) is 4.72. The molecule has 1 aromatic carbocycles. The summed E-state index contributed by atoms with van der Waals surface area (Å²) in [6.45, 7) is 14.3. The fraction of sp³-hybridized carbons (Fsp3) is 0.0667. The first-order chi connectivity index (χ1) is 7.29. The second kappa shape index (κ2) is 8.76. The van der Waals surface area contributed by atoms with Crippen molar-refractivity contribution in [2.24, 2.45) is 0 Å². The molecule has 0 bridgehead atoms. The maximum atomic E-state index is 3.69. The Hall–Kier alpha value is -1.82. The molecule has 0 nitrogen and oxygen atoms in total. The van der Waals surface area contributed by atoms with E-state index in [1.807, 2.05) is 48.6 Å². The molecule has 0 amide bonds. The van der Waals surface area contributed by atoms with Gasteiger partial charge in [0, 0.05) is 0 Å². The minimum atomic E-state index is 0.917. The number of hydrogen-bond donors (Lipinski definition) is 0. The van der Waals surface area contributed by atoms with Gasteiger partial charge in [-0.05, 0) is 17.5 Å². The molecule has 0 spiro atoms. The van der Waals surface area contributed by atoms with Gasteiger partial charge in [-0.2, -0.15) is 0 Å². The Balaban J connectivity index is 0.000000336. The molecule has 0 heterocycles. The van der Waals surface area contributed by atoms with Gasteiger partial charge in [-0.25, -0.2) is 0 Å². The molecular weight excluding hydrogens is 180 g/mol. The minimum Gasteiger partial charge on any atom is -0.103 e. The number of rotatable bonds is 4. The molecule has 78 valence electrons. The van der Waals surface area contributed by atoms with Crippen LogP contribution in [0.4, 0.5) is 0 Å². The van der Waals surface area contributed by atoms with Crippen LogP contribution in [0.15, 0.2) is 62.7 Å². The van der Waals surface area contributed by atoms with Gasteiger partial charge < -0.3 is 0 Å². The van der Waals surface area contributed by atoms with E-state index in [2.05, 4.69) is 26.3 Å². The highest BCUT2D eigenvalue weighted by atomic mass is 13.9. The van der Waals surface area contributed by atoms with E-state index in [0.29, 0.717) is 0 Å². The van der Waals surface area contributed by atoms with Crippen LogP contribution < -0.4 is 0 Å². The molecule has 0 fully saturated rings. The Bertz CT molecular complexity index is 299. The molecule has 0 saturated heterocycles. The average Bonchev–Trinajstić information content (AvgIpc) is 2.31. The molecule has 15 heavy (non-hydrogen) atoms. The third kappa shape index (κ3) is 5.48. The average molecular weight is 198 g/mol. The first kappa shape index (κ1) is 13.2. The second-order valence-electron chi connectivity index (χ2n) is 2.85. The molecule has 0 aliphatic carbocycles. The third-order valence-electron chi connectivity index (χ3n) is 1.77. The largest absolute Gasteiger partial charge is 0.103 e. The summed E-state index contributed by atoms with van der Waals surface area (Å²) in [6, 6.07) is 8.02. The summed E-state index contributed by atoms with van der Waals surface area (Å²) >= 11 is 0. The van der Waals surface area contributed by atoms with Crippen LogP contribution in [-0.2, 0) is 0 Å². The van der Waals surface area contributed by atoms with Gasteiger partial charge in [0.05, 0.1) is 0 Å². The number of allylic oxidation sites excluding steroid dienone is 2. The first-order valence-electron chi connectivity index (χ1n) is 4.85. The monoisotopic (exact) mass is 198 g/mol. The second-order valence-corrected chi connectivity index (χ2v) is 2.85. The van der Waals surface area contributed by atoms with Crippen LogP contribution in [0.2, 0.25) is 0 Å². The maximum absolute atomic E-state index is 3.69. The predicted molar refractivity (Wildman–Crippen MR) is 71.6 cm³/mol. The van der Waals surface area contributed by atoms with Gasteiger partial charge in [0.25, 0.3) is 0 Å². The third-order valence-corrected chi connectivity index (χ3v) is 1.77. The summed E-state index contributed by atoms with van der Waals surface area (Å²) in [7, 11) is 0. The van der Waals surface area contributed by atoms with Gasteiger partial charge in [-0.1, -0.05) is 61.7 Å². The molecule has 0 aliphatic rings. The highest BCUT2D eigenvalue weighted by Gasteiger charge is 1.89. The molecule has 1 rings (SSSR count). The minimum absolute atomic E-state index is 0.917. The van der Waals surface area contributed by atoms with Crippen LogP contribution >= 0.6 is 0 Å². The number of benzene rings is 1. The Labute approximate surface area is 93.0 Å². The maximum Gasteiger partial charge on any atom is -0.0175 e. The molecule has 1 aromatic rings. The van der Waals surface area contributed by atoms with Gasteiger partial charge in [-0.3, -0.25) is 0 Å². The van der Waals surface area contributed by atoms with E-state index in [9.17, 15) is 0 Å². The standard InChI is InChI=1S/C10H10.C5H8/c1-3-9-7-5-6-8-10(9)4-2;1-3-5-4-2/h3-8H,1-2H2;3-4H,1-2,5H2. The molecule has 0 saturated carbocycles. The normalized spacial score (nSPS) is 8.00. The van der Waals surface area contributed by atoms with E-state index in [4.69, 9.17) is 0 Å². The summed E-state index contributed by atoms with van der Waals surface area (Å²) < 4.78 is 0. The van der Waals surface area contributed by atoms with E-state index in [-0.39, 0.29) is 0 Å². The summed E-state index contributed by atoms with van der Waals surface area (Å²) in [5, 5.41) is 0. The Morgan fingerprint density at radius 2 is 1.20 bits per heavy atom. The van der Waals surface area contributed by atoms with Crippen molar-refractivity contribution in [1.82, 2.24) is 0 Å². The zero-order valence-corrected chi connectivity index (χ0v) is 9.15. The lowest BCUT2D eigenvalue weighted by Crippen LogP contribution is -1.76. The molecular formula is C15H18. The fourth-order valence-corrected chi connectivity index (χ4v) is 1.00. The quantitative estimate of drug-likeness (QED) is 0.614. The molecule has 0 atom stereocenters. The first-order valence-corrected chi connectivity index (χ1v) is 4.85. The van der Waals surface area contributed by atoms with Crippen LogP contribution in [0.1, 0.15) is 17.5 Å². The molecule has 0 aromatic heterocycles. The molecule has 0 unspecified atom stereocenters. The summed E-state index contributed by atoms with van der Waals surface area (Å²) in [5.74, 6) is 0. The Kier molecular flexibility index (Phi) is 7.70. The zero-order valence-electron chi connectivity index (χ0n) is 9.15. The lowest BCUT2D eigenvalue weighted by atomic mass is 10.1. The van der Waals surface area contributed by atoms with Crippen LogP contribution in [0.25, 0.3) is 12.2 Å². The molecule has 0 heteroatoms. The number of hydrogen-bond acceptors (Lipinski definition) is 0. The fourth-order valence-electron chi connectivity index (χ4n) is 1.00. The molecule has 0 radical (unpaired) electrons. The van der Waals surface area contributed by atoms with Crippen LogP contribution in [-0.4, -0.2) is 0 Å². The van der Waals surface area contributed by atoms with Gasteiger partial charge >= 0.3 is 0 Å². The van der Waals surface area contributed by atoms with E-state index < -0.39 is 0 Å². The topological polar surface area (TPSA) is 0 Å². The highest BCUT2D eigenvalue weighted by molar-refractivity contribution is 5.63. The van der Waals surface area contributed by atoms with Crippen molar-refractivity contribution in [2.75, 3.05) is 0 Å². The highest BCUT2D eigenvalue weighted by Crippen LogP contribution is 2.10. The van der Waals surface area contributed by atoms with E-state index in [0.717, 1.165) is 17.5 Å². The van der Waals surface area contributed by atoms with Gasteiger partial charge in [-0.15, -0.1) is 13.2 Å². The SMILES string of the molecule is C=CCC=C.C=Cc1ccccc1C=C. The molecule has 0 N–H and O–H groups in total. The van der Waals surface area contributed by atoms with Crippen molar-refractivity contribution < 1.29 is 0 Å². The van der Waals surface area contributed by atoms with Gasteiger partial charge in [0.1, 0.15) is 0 Å². The van der Waals surface area contributed by atoms with Crippen LogP contribution in [0, 0.1) is 0 Å². The van der Waals surface area contributed by atoms with Crippen molar-refractivity contribution in [3.8, 4) is 0 Å². The molecule has 0 aliphatic heterocycles. The van der Waals surface area contributed by atoms with Crippen molar-refractivity contribution in [2.45, 2.75) is 6.42 Å².